The highest BCUT2D eigenvalue weighted by molar-refractivity contribution is 5.89. The molecule has 1 aliphatic heterocycles. The molecule has 3 atom stereocenters. The molecule has 8 heteroatoms. The molecule has 21 heavy (non-hydrogen) atoms. The van der Waals surface area contributed by atoms with Crippen molar-refractivity contribution in [1.29, 1.82) is 0 Å². The van der Waals surface area contributed by atoms with Crippen molar-refractivity contribution in [2.75, 3.05) is 6.54 Å². The summed E-state index contributed by atoms with van der Waals surface area (Å²) in [6.45, 7) is 1.31. The molecular weight excluding hydrogens is 287 g/mol. The monoisotopic (exact) mass is 307 g/mol. The lowest BCUT2D eigenvalue weighted by atomic mass is 9.94. The molecule has 2 amide bonds. The van der Waals surface area contributed by atoms with E-state index in [1.54, 1.807) is 6.92 Å². The number of carbonyl (C=O) groups is 2. The second-order valence-corrected chi connectivity index (χ2v) is 5.79. The molecule has 2 aliphatic rings. The van der Waals surface area contributed by atoms with Crippen LogP contribution in [-0.2, 0) is 9.59 Å². The van der Waals surface area contributed by atoms with Crippen LogP contribution >= 0.6 is 0 Å². The van der Waals surface area contributed by atoms with Gasteiger partial charge >= 0.3 is 6.18 Å². The summed E-state index contributed by atoms with van der Waals surface area (Å²) in [5.74, 6) is -2.08. The molecule has 5 nitrogen and oxygen atoms in total. The molecule has 1 aliphatic carbocycles. The van der Waals surface area contributed by atoms with Crippen LogP contribution in [0.15, 0.2) is 0 Å². The van der Waals surface area contributed by atoms with Crippen LogP contribution in [0.2, 0.25) is 0 Å². The van der Waals surface area contributed by atoms with Gasteiger partial charge in [-0.15, -0.1) is 0 Å². The number of alkyl halides is 3. The van der Waals surface area contributed by atoms with Crippen molar-refractivity contribution in [2.45, 2.75) is 56.9 Å². The summed E-state index contributed by atoms with van der Waals surface area (Å²) in [4.78, 5) is 23.6. The van der Waals surface area contributed by atoms with Crippen LogP contribution in [0.25, 0.3) is 0 Å². The standard InChI is InChI=1S/C13H20F3N3O2/c1-7(11(20)19-9-3-4-9)18-12(21)10-5-2-8(6-17-10)13(14,15)16/h7-10,17H,2-6H2,1H3,(H,18,21)(H,19,20). The minimum atomic E-state index is -4.23. The first kappa shape index (κ1) is 16.1. The maximum absolute atomic E-state index is 12.5. The Balaban J connectivity index is 1.75. The van der Waals surface area contributed by atoms with Crippen LogP contribution in [0.3, 0.4) is 0 Å². The van der Waals surface area contributed by atoms with Gasteiger partial charge in [-0.3, -0.25) is 9.59 Å². The number of rotatable bonds is 4. The smallest absolute Gasteiger partial charge is 0.352 e. The number of amides is 2. The Morgan fingerprint density at radius 3 is 2.33 bits per heavy atom. The van der Waals surface area contributed by atoms with E-state index < -0.39 is 30.1 Å². The first-order chi connectivity index (χ1) is 9.77. The van der Waals surface area contributed by atoms with Gasteiger partial charge in [-0.1, -0.05) is 0 Å². The van der Waals surface area contributed by atoms with Crippen molar-refractivity contribution in [3.8, 4) is 0 Å². The summed E-state index contributed by atoms with van der Waals surface area (Å²) in [5, 5.41) is 7.92. The van der Waals surface area contributed by atoms with Crippen molar-refractivity contribution in [3.05, 3.63) is 0 Å². The Labute approximate surface area is 121 Å². The van der Waals surface area contributed by atoms with Crippen molar-refractivity contribution in [3.63, 3.8) is 0 Å². The molecule has 1 heterocycles. The van der Waals surface area contributed by atoms with E-state index in [2.05, 4.69) is 16.0 Å². The molecule has 3 N–H and O–H groups in total. The second-order valence-electron chi connectivity index (χ2n) is 5.79. The van der Waals surface area contributed by atoms with Crippen molar-refractivity contribution < 1.29 is 22.8 Å². The average molecular weight is 307 g/mol. The van der Waals surface area contributed by atoms with E-state index in [4.69, 9.17) is 0 Å². The van der Waals surface area contributed by atoms with E-state index in [1.165, 1.54) is 0 Å². The lowest BCUT2D eigenvalue weighted by Gasteiger charge is -2.30. The molecule has 0 bridgehead atoms. The number of halogens is 3. The number of nitrogens with one attached hydrogen (secondary N) is 3. The third-order valence-corrected chi connectivity index (χ3v) is 3.87. The van der Waals surface area contributed by atoms with Crippen LogP contribution in [-0.4, -0.2) is 42.7 Å². The molecule has 1 saturated carbocycles. The van der Waals surface area contributed by atoms with Crippen molar-refractivity contribution in [2.24, 2.45) is 5.92 Å². The largest absolute Gasteiger partial charge is 0.393 e. The summed E-state index contributed by atoms with van der Waals surface area (Å²) in [6.07, 6.45) is -2.28. The fourth-order valence-electron chi connectivity index (χ4n) is 2.29. The van der Waals surface area contributed by atoms with E-state index in [1.807, 2.05) is 0 Å². The average Bonchev–Trinajstić information content (AvgIpc) is 3.21. The van der Waals surface area contributed by atoms with Gasteiger partial charge < -0.3 is 16.0 Å². The highest BCUT2D eigenvalue weighted by Gasteiger charge is 2.42. The first-order valence-corrected chi connectivity index (χ1v) is 7.18. The van der Waals surface area contributed by atoms with Crippen LogP contribution in [0.5, 0.6) is 0 Å². The van der Waals surface area contributed by atoms with Gasteiger partial charge in [0.15, 0.2) is 0 Å². The minimum absolute atomic E-state index is 0.0722. The van der Waals surface area contributed by atoms with E-state index in [0.29, 0.717) is 0 Å². The highest BCUT2D eigenvalue weighted by Crippen LogP contribution is 2.31. The van der Waals surface area contributed by atoms with E-state index >= 15 is 0 Å². The summed E-state index contributed by atoms with van der Waals surface area (Å²) < 4.78 is 37.6. The zero-order valence-corrected chi connectivity index (χ0v) is 11.8. The Hall–Kier alpha value is -1.31. The molecule has 3 unspecified atom stereocenters. The van der Waals surface area contributed by atoms with Crippen molar-refractivity contribution in [1.82, 2.24) is 16.0 Å². The molecule has 0 aromatic heterocycles. The topological polar surface area (TPSA) is 70.2 Å². The van der Waals surface area contributed by atoms with Crippen LogP contribution in [0.4, 0.5) is 13.2 Å². The highest BCUT2D eigenvalue weighted by atomic mass is 19.4. The molecule has 1 saturated heterocycles. The van der Waals surface area contributed by atoms with Crippen molar-refractivity contribution >= 4 is 11.8 Å². The zero-order chi connectivity index (χ0) is 15.6. The van der Waals surface area contributed by atoms with Gasteiger partial charge in [-0.05, 0) is 32.6 Å². The minimum Gasteiger partial charge on any atom is -0.352 e. The summed E-state index contributed by atoms with van der Waals surface area (Å²) >= 11 is 0. The molecule has 0 aromatic rings. The Bertz CT molecular complexity index is 402. The maximum Gasteiger partial charge on any atom is 0.393 e. The lowest BCUT2D eigenvalue weighted by Crippen LogP contribution is -2.55. The number of carbonyl (C=O) groups excluding carboxylic acids is 2. The van der Waals surface area contributed by atoms with Gasteiger partial charge in [-0.25, -0.2) is 0 Å². The molecule has 0 radical (unpaired) electrons. The molecular formula is C13H20F3N3O2. The fourth-order valence-corrected chi connectivity index (χ4v) is 2.29. The SMILES string of the molecule is CC(NC(=O)C1CCC(C(F)(F)F)CN1)C(=O)NC1CC1. The van der Waals surface area contributed by atoms with Crippen LogP contribution < -0.4 is 16.0 Å². The number of piperidine rings is 1. The van der Waals surface area contributed by atoms with Gasteiger partial charge in [0.1, 0.15) is 6.04 Å². The predicted octanol–water partition coefficient (Wildman–Crippen LogP) is 0.700. The van der Waals surface area contributed by atoms with Gasteiger partial charge in [0, 0.05) is 12.6 Å². The van der Waals surface area contributed by atoms with E-state index in [0.717, 1.165) is 12.8 Å². The normalized spacial score (nSPS) is 27.8. The fraction of sp³-hybridized carbons (Fsp3) is 0.846. The Morgan fingerprint density at radius 2 is 1.86 bits per heavy atom. The Kier molecular flexibility index (Phi) is 4.75. The third kappa shape index (κ3) is 4.59. The number of hydrogen-bond donors (Lipinski definition) is 3. The number of hydrogen-bond acceptors (Lipinski definition) is 3. The third-order valence-electron chi connectivity index (χ3n) is 3.87. The molecule has 2 fully saturated rings. The van der Waals surface area contributed by atoms with Gasteiger partial charge in [-0.2, -0.15) is 13.2 Å². The molecule has 0 aromatic carbocycles. The molecule has 2 rings (SSSR count). The summed E-state index contributed by atoms with van der Waals surface area (Å²) in [5.41, 5.74) is 0. The summed E-state index contributed by atoms with van der Waals surface area (Å²) in [6, 6.07) is -1.14. The zero-order valence-electron chi connectivity index (χ0n) is 11.8. The van der Waals surface area contributed by atoms with Crippen LogP contribution in [0.1, 0.15) is 32.6 Å². The second kappa shape index (κ2) is 6.21. The molecule has 120 valence electrons. The summed E-state index contributed by atoms with van der Waals surface area (Å²) in [7, 11) is 0. The van der Waals surface area contributed by atoms with Gasteiger partial charge in [0.2, 0.25) is 11.8 Å². The Morgan fingerprint density at radius 1 is 1.19 bits per heavy atom. The quantitative estimate of drug-likeness (QED) is 0.716. The van der Waals surface area contributed by atoms with E-state index in [9.17, 15) is 22.8 Å². The lowest BCUT2D eigenvalue weighted by molar-refractivity contribution is -0.180. The van der Waals surface area contributed by atoms with Gasteiger partial charge in [0.05, 0.1) is 12.0 Å². The maximum atomic E-state index is 12.5. The van der Waals surface area contributed by atoms with Crippen LogP contribution in [0, 0.1) is 5.92 Å². The first-order valence-electron chi connectivity index (χ1n) is 7.18. The molecule has 0 spiro atoms. The predicted molar refractivity (Wildman–Crippen MR) is 69.3 cm³/mol. The van der Waals surface area contributed by atoms with Gasteiger partial charge in [0.25, 0.3) is 0 Å². The van der Waals surface area contributed by atoms with E-state index in [-0.39, 0.29) is 31.3 Å².